The van der Waals surface area contributed by atoms with Gasteiger partial charge in [-0.1, -0.05) is 0 Å². The Morgan fingerprint density at radius 1 is 1.25 bits per heavy atom. The Hall–Kier alpha value is -1.88. The van der Waals surface area contributed by atoms with Crippen LogP contribution < -0.4 is 0 Å². The molecule has 0 bridgehead atoms. The molecule has 0 saturated carbocycles. The van der Waals surface area contributed by atoms with Crippen LogP contribution in [0.15, 0.2) is 12.1 Å². The molecule has 5 nitrogen and oxygen atoms in total. The lowest BCUT2D eigenvalue weighted by Gasteiger charge is -2.07. The Balaban J connectivity index is 2.45. The Bertz CT molecular complexity index is 632. The van der Waals surface area contributed by atoms with E-state index in [0.29, 0.717) is 12.8 Å². The summed E-state index contributed by atoms with van der Waals surface area (Å²) in [7, 11) is 0. The Morgan fingerprint density at radius 3 is 2.60 bits per heavy atom. The molecule has 0 aliphatic carbocycles. The molecule has 108 valence electrons. The van der Waals surface area contributed by atoms with Crippen molar-refractivity contribution in [1.29, 1.82) is 0 Å². The van der Waals surface area contributed by atoms with Crippen molar-refractivity contribution in [2.45, 2.75) is 39.7 Å². The van der Waals surface area contributed by atoms with E-state index in [1.165, 1.54) is 0 Å². The number of fused-ring (bicyclic) bond motifs is 1. The van der Waals surface area contributed by atoms with Gasteiger partial charge in [-0.05, 0) is 49.9 Å². The van der Waals surface area contributed by atoms with E-state index in [1.54, 1.807) is 4.57 Å². The predicted molar refractivity (Wildman–Crippen MR) is 76.9 cm³/mol. The molecule has 2 aromatic rings. The summed E-state index contributed by atoms with van der Waals surface area (Å²) in [6.45, 7) is 4.11. The van der Waals surface area contributed by atoms with Crippen LogP contribution in [0.25, 0.3) is 11.0 Å². The topological polar surface area (TPSA) is 75.4 Å². The number of hydrogen-bond acceptors (Lipinski definition) is 3. The fourth-order valence-electron chi connectivity index (χ4n) is 2.33. The zero-order chi connectivity index (χ0) is 14.7. The maximum Gasteiger partial charge on any atom is 0.323 e. The number of aromatic nitrogens is 2. The van der Waals surface area contributed by atoms with Crippen LogP contribution in [0.2, 0.25) is 0 Å². The first-order valence-corrected chi connectivity index (χ1v) is 6.82. The van der Waals surface area contributed by atoms with Gasteiger partial charge in [0, 0.05) is 13.0 Å². The smallest absolute Gasteiger partial charge is 0.323 e. The first-order valence-electron chi connectivity index (χ1n) is 6.82. The van der Waals surface area contributed by atoms with Gasteiger partial charge in [0.05, 0.1) is 11.0 Å². The second kappa shape index (κ2) is 6.05. The van der Waals surface area contributed by atoms with Gasteiger partial charge in [0.25, 0.3) is 0 Å². The highest BCUT2D eigenvalue weighted by Gasteiger charge is 2.14. The fourth-order valence-corrected chi connectivity index (χ4v) is 2.33. The summed E-state index contributed by atoms with van der Waals surface area (Å²) < 4.78 is 1.77. The quantitative estimate of drug-likeness (QED) is 0.792. The molecule has 1 aromatic heterocycles. The lowest BCUT2D eigenvalue weighted by Crippen LogP contribution is -2.12. The molecule has 20 heavy (non-hydrogen) atoms. The summed E-state index contributed by atoms with van der Waals surface area (Å²) in [5.41, 5.74) is 3.99. The van der Waals surface area contributed by atoms with Gasteiger partial charge >= 0.3 is 5.97 Å². The number of rotatable bonds is 6. The van der Waals surface area contributed by atoms with E-state index >= 15 is 0 Å². The molecule has 0 fully saturated rings. The van der Waals surface area contributed by atoms with Crippen molar-refractivity contribution in [3.05, 3.63) is 29.1 Å². The molecule has 0 unspecified atom stereocenters. The van der Waals surface area contributed by atoms with Crippen LogP contribution in [0.1, 0.15) is 29.8 Å². The Labute approximate surface area is 117 Å². The van der Waals surface area contributed by atoms with Gasteiger partial charge in [-0.25, -0.2) is 4.98 Å². The van der Waals surface area contributed by atoms with E-state index < -0.39 is 5.97 Å². The van der Waals surface area contributed by atoms with E-state index in [4.69, 9.17) is 10.2 Å². The van der Waals surface area contributed by atoms with Crippen molar-refractivity contribution < 1.29 is 15.0 Å². The molecule has 2 rings (SSSR count). The molecule has 0 aliphatic heterocycles. The Kier molecular flexibility index (Phi) is 4.39. The van der Waals surface area contributed by atoms with Gasteiger partial charge in [0.2, 0.25) is 0 Å². The average Bonchev–Trinajstić information content (AvgIpc) is 2.68. The van der Waals surface area contributed by atoms with E-state index in [-0.39, 0.29) is 13.2 Å². The van der Waals surface area contributed by atoms with Gasteiger partial charge in [0.15, 0.2) is 0 Å². The minimum Gasteiger partial charge on any atom is -0.480 e. The summed E-state index contributed by atoms with van der Waals surface area (Å²) >= 11 is 0. The number of carbonyl (C=O) groups is 1. The number of aryl methyl sites for hydroxylation is 3. The third-order valence-electron chi connectivity index (χ3n) is 3.54. The predicted octanol–water partition coefficient (Wildman–Crippen LogP) is 2.05. The molecule has 0 atom stereocenters. The van der Waals surface area contributed by atoms with Crippen molar-refractivity contribution in [2.75, 3.05) is 6.61 Å². The number of aliphatic hydroxyl groups excluding tert-OH is 1. The third kappa shape index (κ3) is 2.99. The highest BCUT2D eigenvalue weighted by Crippen LogP contribution is 2.21. The molecule has 0 saturated heterocycles. The van der Waals surface area contributed by atoms with Gasteiger partial charge in [-0.2, -0.15) is 0 Å². The van der Waals surface area contributed by atoms with Gasteiger partial charge < -0.3 is 14.8 Å². The van der Waals surface area contributed by atoms with Crippen LogP contribution in [-0.4, -0.2) is 32.3 Å². The summed E-state index contributed by atoms with van der Waals surface area (Å²) in [5, 5.41) is 17.9. The third-order valence-corrected chi connectivity index (χ3v) is 3.54. The molecule has 0 radical (unpaired) electrons. The van der Waals surface area contributed by atoms with Crippen molar-refractivity contribution in [3.8, 4) is 0 Å². The molecule has 2 N–H and O–H groups in total. The number of aliphatic hydroxyl groups is 1. The summed E-state index contributed by atoms with van der Waals surface area (Å²) in [6, 6.07) is 3.99. The molecule has 1 heterocycles. The molecule has 0 aliphatic rings. The molecule has 1 aromatic carbocycles. The van der Waals surface area contributed by atoms with Crippen molar-refractivity contribution in [1.82, 2.24) is 9.55 Å². The van der Waals surface area contributed by atoms with Crippen LogP contribution in [0.3, 0.4) is 0 Å². The van der Waals surface area contributed by atoms with Crippen LogP contribution >= 0.6 is 0 Å². The number of hydrogen-bond donors (Lipinski definition) is 2. The second-order valence-corrected chi connectivity index (χ2v) is 5.11. The van der Waals surface area contributed by atoms with Crippen LogP contribution in [0.4, 0.5) is 0 Å². The summed E-state index contributed by atoms with van der Waals surface area (Å²) in [6.07, 6.45) is 2.19. The number of imidazole rings is 1. The van der Waals surface area contributed by atoms with E-state index in [1.807, 2.05) is 26.0 Å². The van der Waals surface area contributed by atoms with Crippen molar-refractivity contribution in [3.63, 3.8) is 0 Å². The van der Waals surface area contributed by atoms with Crippen molar-refractivity contribution >= 4 is 17.0 Å². The van der Waals surface area contributed by atoms with Gasteiger partial charge in [-0.15, -0.1) is 0 Å². The number of nitrogens with zero attached hydrogens (tertiary/aromatic N) is 2. The zero-order valence-electron chi connectivity index (χ0n) is 11.9. The number of aliphatic carboxylic acids is 1. The van der Waals surface area contributed by atoms with Gasteiger partial charge in [0.1, 0.15) is 12.4 Å². The number of carboxylic acids is 1. The molecule has 0 amide bonds. The maximum atomic E-state index is 11.1. The summed E-state index contributed by atoms with van der Waals surface area (Å²) in [4.78, 5) is 15.6. The number of unbranched alkanes of at least 4 members (excludes halogenated alkanes) is 1. The molecular weight excluding hydrogens is 256 g/mol. The highest BCUT2D eigenvalue weighted by atomic mass is 16.4. The SMILES string of the molecule is Cc1cc2nc(CCCCO)n(CC(=O)O)c2cc1C. The summed E-state index contributed by atoms with van der Waals surface area (Å²) in [5.74, 6) is -0.0909. The monoisotopic (exact) mass is 276 g/mol. The maximum absolute atomic E-state index is 11.1. The first-order chi connectivity index (χ1) is 9.52. The largest absolute Gasteiger partial charge is 0.480 e. The first kappa shape index (κ1) is 14.5. The lowest BCUT2D eigenvalue weighted by molar-refractivity contribution is -0.137. The van der Waals surface area contributed by atoms with E-state index in [2.05, 4.69) is 4.98 Å². The molecular formula is C15H20N2O3. The normalized spacial score (nSPS) is 11.2. The van der Waals surface area contributed by atoms with E-state index in [0.717, 1.165) is 34.4 Å². The van der Waals surface area contributed by atoms with Crippen molar-refractivity contribution in [2.24, 2.45) is 0 Å². The van der Waals surface area contributed by atoms with Crippen LogP contribution in [-0.2, 0) is 17.8 Å². The van der Waals surface area contributed by atoms with Crippen LogP contribution in [0.5, 0.6) is 0 Å². The highest BCUT2D eigenvalue weighted by molar-refractivity contribution is 5.80. The molecule has 0 spiro atoms. The second-order valence-electron chi connectivity index (χ2n) is 5.11. The van der Waals surface area contributed by atoms with Gasteiger partial charge in [-0.3, -0.25) is 4.79 Å². The van der Waals surface area contributed by atoms with Crippen LogP contribution in [0, 0.1) is 13.8 Å². The lowest BCUT2D eigenvalue weighted by atomic mass is 10.1. The number of carboxylic acid groups (broad SMARTS) is 1. The molecule has 5 heteroatoms. The number of benzene rings is 1. The minimum absolute atomic E-state index is 0.0759. The fraction of sp³-hybridized carbons (Fsp3) is 0.467. The standard InChI is InChI=1S/C15H20N2O3/c1-10-7-12-13(8-11(10)2)17(9-15(19)20)14(16-12)5-3-4-6-18/h7-8,18H,3-6,9H2,1-2H3,(H,19,20). The minimum atomic E-state index is -0.870. The Morgan fingerprint density at radius 2 is 1.95 bits per heavy atom. The van der Waals surface area contributed by atoms with E-state index in [9.17, 15) is 4.79 Å². The zero-order valence-corrected chi connectivity index (χ0v) is 11.9. The average molecular weight is 276 g/mol.